The molecule has 7 heteroatoms. The third kappa shape index (κ3) is 4.93. The number of aryl methyl sites for hydroxylation is 1. The number of halogens is 1. The fourth-order valence-corrected chi connectivity index (χ4v) is 3.19. The van der Waals surface area contributed by atoms with E-state index >= 15 is 0 Å². The van der Waals surface area contributed by atoms with Gasteiger partial charge in [-0.1, -0.05) is 25.1 Å². The van der Waals surface area contributed by atoms with Crippen LogP contribution in [0.4, 0.5) is 5.69 Å². The fourth-order valence-electron chi connectivity index (χ4n) is 3.19. The monoisotopic (exact) mass is 366 g/mol. The molecule has 3 rings (SSSR count). The van der Waals surface area contributed by atoms with E-state index in [0.29, 0.717) is 19.6 Å². The van der Waals surface area contributed by atoms with E-state index in [4.69, 9.17) is 0 Å². The van der Waals surface area contributed by atoms with E-state index in [2.05, 4.69) is 22.5 Å². The average Bonchev–Trinajstić information content (AvgIpc) is 2.54. The lowest BCUT2D eigenvalue weighted by Crippen LogP contribution is -2.57. The van der Waals surface area contributed by atoms with Gasteiger partial charge in [0.1, 0.15) is 0 Å². The number of carbonyl (C=O) groups excluding carboxylic acids is 2. The number of anilines is 1. The van der Waals surface area contributed by atoms with Crippen LogP contribution in [0.1, 0.15) is 12.5 Å². The van der Waals surface area contributed by atoms with Crippen molar-refractivity contribution in [2.24, 2.45) is 5.92 Å². The van der Waals surface area contributed by atoms with E-state index in [1.54, 1.807) is 0 Å². The van der Waals surface area contributed by atoms with Gasteiger partial charge in [-0.2, -0.15) is 0 Å². The lowest BCUT2D eigenvalue weighted by molar-refractivity contribution is -0.138. The van der Waals surface area contributed by atoms with Crippen molar-refractivity contribution < 1.29 is 9.59 Å². The highest BCUT2D eigenvalue weighted by Gasteiger charge is 2.31. The van der Waals surface area contributed by atoms with Crippen LogP contribution >= 0.6 is 12.4 Å². The van der Waals surface area contributed by atoms with Crippen molar-refractivity contribution in [1.82, 2.24) is 15.1 Å². The lowest BCUT2D eigenvalue weighted by atomic mass is 10.0. The Morgan fingerprint density at radius 2 is 1.84 bits per heavy atom. The highest BCUT2D eigenvalue weighted by Crippen LogP contribution is 2.16. The molecule has 6 nitrogen and oxygen atoms in total. The summed E-state index contributed by atoms with van der Waals surface area (Å²) in [6, 6.07) is 7.91. The van der Waals surface area contributed by atoms with Crippen LogP contribution in [0.3, 0.4) is 0 Å². The summed E-state index contributed by atoms with van der Waals surface area (Å²) in [5, 5.41) is 6.15. The number of para-hydroxylation sites is 1. The van der Waals surface area contributed by atoms with Crippen LogP contribution in [0.15, 0.2) is 24.3 Å². The third-order valence-electron chi connectivity index (χ3n) is 4.85. The first-order valence-corrected chi connectivity index (χ1v) is 8.77. The Hall–Kier alpha value is -1.63. The molecule has 2 fully saturated rings. The minimum atomic E-state index is 0. The van der Waals surface area contributed by atoms with Gasteiger partial charge in [-0.25, -0.2) is 0 Å². The smallest absolute Gasteiger partial charge is 0.238 e. The molecule has 2 amide bonds. The van der Waals surface area contributed by atoms with Gasteiger partial charge >= 0.3 is 0 Å². The van der Waals surface area contributed by atoms with Crippen LogP contribution in [0.5, 0.6) is 0 Å². The predicted molar refractivity (Wildman–Crippen MR) is 101 cm³/mol. The van der Waals surface area contributed by atoms with Crippen LogP contribution in [0.25, 0.3) is 0 Å². The van der Waals surface area contributed by atoms with E-state index in [1.165, 1.54) is 0 Å². The van der Waals surface area contributed by atoms with Crippen LogP contribution < -0.4 is 10.6 Å². The van der Waals surface area contributed by atoms with Crippen LogP contribution in [0.2, 0.25) is 0 Å². The molecule has 0 bridgehead atoms. The molecular formula is C18H27ClN4O2. The van der Waals surface area contributed by atoms with Crippen molar-refractivity contribution >= 4 is 29.9 Å². The molecule has 2 aliphatic rings. The van der Waals surface area contributed by atoms with Gasteiger partial charge in [-0.15, -0.1) is 12.4 Å². The standard InChI is InChI=1S/C18H26N4O2.ClH/c1-2-14-5-3-4-6-16(14)20-17(23)13-21-7-9-22(10-8-21)18(24)15-11-19-12-15;/h3-6,15,19H,2,7-13H2,1H3,(H,20,23);1H. The molecule has 2 heterocycles. The van der Waals surface area contributed by atoms with Crippen molar-refractivity contribution in [2.75, 3.05) is 51.1 Å². The molecule has 0 radical (unpaired) electrons. The van der Waals surface area contributed by atoms with Crippen LogP contribution in [-0.4, -0.2) is 67.4 Å². The summed E-state index contributed by atoms with van der Waals surface area (Å²) in [5.74, 6) is 0.430. The first-order chi connectivity index (χ1) is 11.7. The summed E-state index contributed by atoms with van der Waals surface area (Å²) >= 11 is 0. The molecule has 0 aromatic heterocycles. The number of piperazine rings is 1. The van der Waals surface area contributed by atoms with Gasteiger partial charge in [0, 0.05) is 45.0 Å². The Morgan fingerprint density at radius 1 is 1.16 bits per heavy atom. The second kappa shape index (κ2) is 9.17. The van der Waals surface area contributed by atoms with E-state index in [-0.39, 0.29) is 30.1 Å². The quantitative estimate of drug-likeness (QED) is 0.815. The molecule has 2 aliphatic heterocycles. The summed E-state index contributed by atoms with van der Waals surface area (Å²) in [5.41, 5.74) is 2.05. The SMILES string of the molecule is CCc1ccccc1NC(=O)CN1CCN(C(=O)C2CNC2)CC1.Cl. The Bertz CT molecular complexity index is 598. The number of hydrogen-bond donors (Lipinski definition) is 2. The molecule has 0 unspecified atom stereocenters. The summed E-state index contributed by atoms with van der Waals surface area (Å²) in [7, 11) is 0. The first kappa shape index (κ1) is 19.7. The molecule has 1 aromatic rings. The van der Waals surface area contributed by atoms with Crippen molar-refractivity contribution in [2.45, 2.75) is 13.3 Å². The normalized spacial score (nSPS) is 18.2. The van der Waals surface area contributed by atoms with Gasteiger partial charge in [-0.3, -0.25) is 14.5 Å². The number of carbonyl (C=O) groups is 2. The zero-order chi connectivity index (χ0) is 16.9. The molecule has 138 valence electrons. The number of nitrogens with zero attached hydrogens (tertiary/aromatic N) is 2. The Balaban J connectivity index is 0.00000225. The van der Waals surface area contributed by atoms with Gasteiger partial charge in [-0.05, 0) is 18.1 Å². The number of amides is 2. The van der Waals surface area contributed by atoms with Gasteiger partial charge < -0.3 is 15.5 Å². The maximum atomic E-state index is 12.3. The molecule has 0 spiro atoms. The molecule has 0 aliphatic carbocycles. The number of nitrogens with one attached hydrogen (secondary N) is 2. The second-order valence-electron chi connectivity index (χ2n) is 6.52. The maximum Gasteiger partial charge on any atom is 0.238 e. The zero-order valence-corrected chi connectivity index (χ0v) is 15.5. The topological polar surface area (TPSA) is 64.7 Å². The van der Waals surface area contributed by atoms with Crippen molar-refractivity contribution in [1.29, 1.82) is 0 Å². The zero-order valence-electron chi connectivity index (χ0n) is 14.7. The minimum absolute atomic E-state index is 0. The third-order valence-corrected chi connectivity index (χ3v) is 4.85. The average molecular weight is 367 g/mol. The van der Waals surface area contributed by atoms with Crippen molar-refractivity contribution in [3.63, 3.8) is 0 Å². The van der Waals surface area contributed by atoms with E-state index in [0.717, 1.165) is 43.9 Å². The number of benzene rings is 1. The van der Waals surface area contributed by atoms with E-state index in [9.17, 15) is 9.59 Å². The Labute approximate surface area is 155 Å². The lowest BCUT2D eigenvalue weighted by Gasteiger charge is -2.38. The fraction of sp³-hybridized carbons (Fsp3) is 0.556. The highest BCUT2D eigenvalue weighted by molar-refractivity contribution is 5.93. The molecule has 25 heavy (non-hydrogen) atoms. The predicted octanol–water partition coefficient (Wildman–Crippen LogP) is 0.973. The Morgan fingerprint density at radius 3 is 2.44 bits per heavy atom. The van der Waals surface area contributed by atoms with Crippen LogP contribution in [0, 0.1) is 5.92 Å². The summed E-state index contributed by atoms with van der Waals surface area (Å²) in [6.07, 6.45) is 0.896. The molecule has 0 saturated carbocycles. The summed E-state index contributed by atoms with van der Waals surface area (Å²) in [6.45, 7) is 7.02. The number of hydrogen-bond acceptors (Lipinski definition) is 4. The molecule has 2 saturated heterocycles. The first-order valence-electron chi connectivity index (χ1n) is 8.77. The summed E-state index contributed by atoms with van der Waals surface area (Å²) < 4.78 is 0. The molecule has 0 atom stereocenters. The maximum absolute atomic E-state index is 12.3. The van der Waals surface area contributed by atoms with Crippen molar-refractivity contribution in [3.8, 4) is 0 Å². The largest absolute Gasteiger partial charge is 0.340 e. The summed E-state index contributed by atoms with van der Waals surface area (Å²) in [4.78, 5) is 28.5. The van der Waals surface area contributed by atoms with E-state index < -0.39 is 0 Å². The van der Waals surface area contributed by atoms with Gasteiger partial charge in [0.2, 0.25) is 11.8 Å². The molecular weight excluding hydrogens is 340 g/mol. The van der Waals surface area contributed by atoms with Crippen LogP contribution in [-0.2, 0) is 16.0 Å². The van der Waals surface area contributed by atoms with Gasteiger partial charge in [0.15, 0.2) is 0 Å². The molecule has 2 N–H and O–H groups in total. The van der Waals surface area contributed by atoms with Gasteiger partial charge in [0.25, 0.3) is 0 Å². The van der Waals surface area contributed by atoms with E-state index in [1.807, 2.05) is 29.2 Å². The highest BCUT2D eigenvalue weighted by atomic mass is 35.5. The minimum Gasteiger partial charge on any atom is -0.340 e. The van der Waals surface area contributed by atoms with Crippen molar-refractivity contribution in [3.05, 3.63) is 29.8 Å². The molecule has 1 aromatic carbocycles. The second-order valence-corrected chi connectivity index (χ2v) is 6.52. The van der Waals surface area contributed by atoms with Gasteiger partial charge in [0.05, 0.1) is 12.5 Å². The number of rotatable bonds is 5. The Kier molecular flexibility index (Phi) is 7.23.